The van der Waals surface area contributed by atoms with E-state index < -0.39 is 47.1 Å². The maximum absolute atomic E-state index is 13.5. The molecular formula is C24H30F3N5O3. The van der Waals surface area contributed by atoms with Crippen molar-refractivity contribution in [1.82, 2.24) is 20.5 Å². The number of likely N-dealkylation sites (tertiary alicyclic amines) is 1. The summed E-state index contributed by atoms with van der Waals surface area (Å²) in [6.07, 6.45) is -2.92. The van der Waals surface area contributed by atoms with Crippen molar-refractivity contribution in [3.63, 3.8) is 0 Å². The molecule has 8 nitrogen and oxygen atoms in total. The zero-order valence-electron chi connectivity index (χ0n) is 20.5. The first-order valence-electron chi connectivity index (χ1n) is 11.3. The van der Waals surface area contributed by atoms with Crippen molar-refractivity contribution < 1.29 is 27.6 Å². The van der Waals surface area contributed by atoms with E-state index in [2.05, 4.69) is 15.6 Å². The van der Waals surface area contributed by atoms with Gasteiger partial charge in [-0.15, -0.1) is 0 Å². The highest BCUT2D eigenvalue weighted by molar-refractivity contribution is 5.94. The van der Waals surface area contributed by atoms with E-state index in [0.29, 0.717) is 12.7 Å². The standard InChI is InChI=1S/C24H30F3N5O3/c1-12(33)30-19(22(2,3)4)21(35)32-11-15-17(23(15,5)6)18(32)20(34)31-16(8-28)13-7-14(10-29-9-13)24(25,26)27/h7,9-10,15-19H,11H2,1-6H3,(H,30,33)(H,31,34)/t15-,16?,17-,18-,19+/m0/s1. The molecule has 3 rings (SSSR count). The van der Waals surface area contributed by atoms with Crippen LogP contribution in [-0.2, 0) is 20.6 Å². The lowest BCUT2D eigenvalue weighted by atomic mass is 9.85. The van der Waals surface area contributed by atoms with Gasteiger partial charge in [0.05, 0.1) is 11.6 Å². The van der Waals surface area contributed by atoms with Crippen LogP contribution in [0.2, 0.25) is 0 Å². The number of pyridine rings is 1. The normalized spacial score (nSPS) is 24.6. The number of amides is 3. The molecule has 1 unspecified atom stereocenters. The van der Waals surface area contributed by atoms with Crippen LogP contribution in [0.5, 0.6) is 0 Å². The first-order valence-corrected chi connectivity index (χ1v) is 11.3. The van der Waals surface area contributed by atoms with Crippen LogP contribution in [0.15, 0.2) is 18.5 Å². The Hall–Kier alpha value is -3.16. The summed E-state index contributed by atoms with van der Waals surface area (Å²) in [6.45, 7) is 11.0. The Balaban J connectivity index is 1.89. The summed E-state index contributed by atoms with van der Waals surface area (Å²) < 4.78 is 39.3. The number of rotatable bonds is 5. The molecule has 1 aliphatic carbocycles. The second kappa shape index (κ2) is 8.81. The SMILES string of the molecule is CC(=O)N[C@H](C(=O)N1C[C@H]2[C@@H]([C@H]1C(=O)NC(C#N)c1cncc(C(F)(F)F)c1)C2(C)C)C(C)(C)C. The number of nitriles is 1. The fourth-order valence-electron chi connectivity index (χ4n) is 5.02. The fraction of sp³-hybridized carbons (Fsp3) is 0.625. The average molecular weight is 494 g/mol. The van der Waals surface area contributed by atoms with Gasteiger partial charge in [0, 0.05) is 31.4 Å². The number of aromatic nitrogens is 1. The maximum Gasteiger partial charge on any atom is 0.417 e. The van der Waals surface area contributed by atoms with Gasteiger partial charge in [-0.3, -0.25) is 19.4 Å². The van der Waals surface area contributed by atoms with Gasteiger partial charge in [0.2, 0.25) is 17.7 Å². The topological polar surface area (TPSA) is 115 Å². The maximum atomic E-state index is 13.5. The third-order valence-electron chi connectivity index (χ3n) is 7.06. The van der Waals surface area contributed by atoms with Crippen molar-refractivity contribution in [3.05, 3.63) is 29.6 Å². The molecule has 2 heterocycles. The molecule has 2 fully saturated rings. The van der Waals surface area contributed by atoms with E-state index in [1.54, 1.807) is 20.8 Å². The zero-order chi connectivity index (χ0) is 26.5. The van der Waals surface area contributed by atoms with Crippen LogP contribution in [0.1, 0.15) is 58.7 Å². The second-order valence-electron chi connectivity index (χ2n) is 11.0. The molecule has 1 aliphatic heterocycles. The monoisotopic (exact) mass is 493 g/mol. The summed E-state index contributed by atoms with van der Waals surface area (Å²) in [6, 6.07) is -0.594. The molecule has 1 aromatic rings. The van der Waals surface area contributed by atoms with E-state index in [1.165, 1.54) is 11.8 Å². The molecule has 11 heteroatoms. The predicted molar refractivity (Wildman–Crippen MR) is 119 cm³/mol. The minimum Gasteiger partial charge on any atom is -0.344 e. The molecule has 1 saturated heterocycles. The van der Waals surface area contributed by atoms with Crippen molar-refractivity contribution >= 4 is 17.7 Å². The Kier molecular flexibility index (Phi) is 6.65. The molecule has 3 amide bonds. The van der Waals surface area contributed by atoms with Crippen LogP contribution in [0.4, 0.5) is 13.2 Å². The molecule has 35 heavy (non-hydrogen) atoms. The lowest BCUT2D eigenvalue weighted by Crippen LogP contribution is -2.59. The molecule has 0 aromatic carbocycles. The van der Waals surface area contributed by atoms with Crippen molar-refractivity contribution in [3.8, 4) is 6.07 Å². The van der Waals surface area contributed by atoms with Gasteiger partial charge in [-0.2, -0.15) is 18.4 Å². The van der Waals surface area contributed by atoms with Gasteiger partial charge in [0.1, 0.15) is 18.1 Å². The second-order valence-corrected chi connectivity index (χ2v) is 11.0. The highest BCUT2D eigenvalue weighted by atomic mass is 19.4. The Bertz CT molecular complexity index is 1070. The van der Waals surface area contributed by atoms with Gasteiger partial charge in [0.15, 0.2) is 0 Å². The third kappa shape index (κ3) is 5.11. The van der Waals surface area contributed by atoms with Gasteiger partial charge in [-0.25, -0.2) is 0 Å². The number of fused-ring (bicyclic) bond motifs is 1. The predicted octanol–water partition coefficient (Wildman–Crippen LogP) is 2.82. The van der Waals surface area contributed by atoms with Crippen LogP contribution >= 0.6 is 0 Å². The number of piperidine rings is 1. The van der Waals surface area contributed by atoms with Gasteiger partial charge in [-0.1, -0.05) is 34.6 Å². The van der Waals surface area contributed by atoms with Crippen LogP contribution < -0.4 is 10.6 Å². The Morgan fingerprint density at radius 3 is 2.34 bits per heavy atom. The summed E-state index contributed by atoms with van der Waals surface area (Å²) in [7, 11) is 0. The highest BCUT2D eigenvalue weighted by Crippen LogP contribution is 2.65. The Morgan fingerprint density at radius 1 is 1.20 bits per heavy atom. The van der Waals surface area contributed by atoms with Crippen molar-refractivity contribution in [2.24, 2.45) is 22.7 Å². The van der Waals surface area contributed by atoms with E-state index in [1.807, 2.05) is 19.9 Å². The molecule has 2 aliphatic rings. The number of nitrogens with one attached hydrogen (secondary N) is 2. The quantitative estimate of drug-likeness (QED) is 0.655. The number of nitrogens with zero attached hydrogens (tertiary/aromatic N) is 3. The van der Waals surface area contributed by atoms with Gasteiger partial charge >= 0.3 is 6.18 Å². The van der Waals surface area contributed by atoms with E-state index in [9.17, 15) is 32.8 Å². The average Bonchev–Trinajstić information content (AvgIpc) is 3.08. The van der Waals surface area contributed by atoms with Crippen LogP contribution in [0.25, 0.3) is 0 Å². The summed E-state index contributed by atoms with van der Waals surface area (Å²) in [5.41, 5.74) is -1.99. The van der Waals surface area contributed by atoms with Crippen LogP contribution in [0.3, 0.4) is 0 Å². The molecule has 0 bridgehead atoms. The van der Waals surface area contributed by atoms with E-state index in [4.69, 9.17) is 0 Å². The first-order chi connectivity index (χ1) is 16.0. The molecule has 0 radical (unpaired) electrons. The van der Waals surface area contributed by atoms with Gasteiger partial charge in [-0.05, 0) is 28.7 Å². The third-order valence-corrected chi connectivity index (χ3v) is 7.06. The Morgan fingerprint density at radius 2 is 1.83 bits per heavy atom. The summed E-state index contributed by atoms with van der Waals surface area (Å²) >= 11 is 0. The van der Waals surface area contributed by atoms with Gasteiger partial charge < -0.3 is 15.5 Å². The number of halogens is 3. The first kappa shape index (κ1) is 26.4. The molecular weight excluding hydrogens is 463 g/mol. The highest BCUT2D eigenvalue weighted by Gasteiger charge is 2.69. The van der Waals surface area contributed by atoms with E-state index in [0.717, 1.165) is 12.3 Å². The lowest BCUT2D eigenvalue weighted by Gasteiger charge is -2.37. The molecule has 1 aromatic heterocycles. The number of hydrogen-bond donors (Lipinski definition) is 2. The number of hydrogen-bond acceptors (Lipinski definition) is 5. The zero-order valence-corrected chi connectivity index (χ0v) is 20.5. The fourth-order valence-corrected chi connectivity index (χ4v) is 5.02. The molecule has 5 atom stereocenters. The minimum atomic E-state index is -4.65. The summed E-state index contributed by atoms with van der Waals surface area (Å²) in [5.74, 6) is -1.55. The smallest absolute Gasteiger partial charge is 0.344 e. The van der Waals surface area contributed by atoms with Crippen molar-refractivity contribution in [1.29, 1.82) is 5.26 Å². The van der Waals surface area contributed by atoms with E-state index >= 15 is 0 Å². The summed E-state index contributed by atoms with van der Waals surface area (Å²) in [4.78, 5) is 43.7. The van der Waals surface area contributed by atoms with Crippen LogP contribution in [0, 0.1) is 34.0 Å². The molecule has 0 spiro atoms. The minimum absolute atomic E-state index is 0.0518. The van der Waals surface area contributed by atoms with Crippen molar-refractivity contribution in [2.45, 2.75) is 65.8 Å². The lowest BCUT2D eigenvalue weighted by molar-refractivity contribution is -0.145. The number of carbonyl (C=O) groups excluding carboxylic acids is 3. The molecule has 2 N–H and O–H groups in total. The Labute approximate surface area is 202 Å². The van der Waals surface area contributed by atoms with Gasteiger partial charge in [0.25, 0.3) is 0 Å². The van der Waals surface area contributed by atoms with Crippen molar-refractivity contribution in [2.75, 3.05) is 6.54 Å². The molecule has 1 saturated carbocycles. The largest absolute Gasteiger partial charge is 0.417 e. The van der Waals surface area contributed by atoms with E-state index in [-0.39, 0.29) is 28.7 Å². The van der Waals surface area contributed by atoms with Crippen LogP contribution in [-0.4, -0.2) is 46.2 Å². The summed E-state index contributed by atoms with van der Waals surface area (Å²) in [5, 5.41) is 14.8. The number of alkyl halides is 3. The number of carbonyl (C=O) groups is 3. The molecule has 190 valence electrons.